The molecule has 0 aliphatic carbocycles. The summed E-state index contributed by atoms with van der Waals surface area (Å²) in [5.74, 6) is 2.13. The third-order valence-corrected chi connectivity index (χ3v) is 11.7. The van der Waals surface area contributed by atoms with E-state index < -0.39 is 0 Å². The number of aromatic nitrogens is 4. The van der Waals surface area contributed by atoms with Crippen LogP contribution in [0.25, 0.3) is 33.2 Å². The van der Waals surface area contributed by atoms with Crippen LogP contribution in [0.2, 0.25) is 0 Å². The second-order valence-corrected chi connectivity index (χ2v) is 16.7. The van der Waals surface area contributed by atoms with Crippen molar-refractivity contribution in [3.8, 4) is 22.4 Å². The first-order chi connectivity index (χ1) is 28.7. The molecule has 304 valence electrons. The van der Waals surface area contributed by atoms with Crippen LogP contribution in [0.1, 0.15) is 53.4 Å². The number of nitrogens with one attached hydrogen (secondary N) is 2. The van der Waals surface area contributed by atoms with Crippen molar-refractivity contribution in [3.63, 3.8) is 0 Å². The van der Waals surface area contributed by atoms with E-state index in [4.69, 9.17) is 4.98 Å². The zero-order valence-electron chi connectivity index (χ0n) is 34.7. The number of amides is 2. The number of imidazole rings is 1. The van der Waals surface area contributed by atoms with E-state index in [0.29, 0.717) is 24.7 Å². The van der Waals surface area contributed by atoms with Crippen LogP contribution in [0.3, 0.4) is 0 Å². The number of benzene rings is 4. The average Bonchev–Trinajstić information content (AvgIpc) is 4.03. The Bertz CT molecular complexity index is 2410. The van der Waals surface area contributed by atoms with Crippen molar-refractivity contribution in [1.29, 1.82) is 0 Å². The van der Waals surface area contributed by atoms with E-state index in [1.165, 1.54) is 11.1 Å². The maximum Gasteiger partial charge on any atom is 0.227 e. The van der Waals surface area contributed by atoms with Crippen molar-refractivity contribution in [2.45, 2.75) is 51.2 Å². The average molecular weight is 790 g/mol. The molecule has 0 unspecified atom stereocenters. The fourth-order valence-corrected chi connectivity index (χ4v) is 8.61. The number of nitrogens with zero attached hydrogens (tertiary/aromatic N) is 7. The Kier molecular flexibility index (Phi) is 12.1. The monoisotopic (exact) mass is 789 g/mol. The highest BCUT2D eigenvalue weighted by atomic mass is 16.2. The number of anilines is 1. The molecular weight excluding hydrogens is 735 g/mol. The summed E-state index contributed by atoms with van der Waals surface area (Å²) in [5.41, 5.74) is 8.58. The Hall–Kier alpha value is -5.91. The first-order valence-corrected chi connectivity index (χ1v) is 20.8. The molecule has 4 aromatic carbocycles. The number of fused-ring (bicyclic) bond motifs is 1. The summed E-state index contributed by atoms with van der Waals surface area (Å²) in [6, 6.07) is 29.3. The maximum atomic E-state index is 13.6. The van der Waals surface area contributed by atoms with Gasteiger partial charge in [-0.15, -0.1) is 0 Å². The second kappa shape index (κ2) is 17.9. The predicted molar refractivity (Wildman–Crippen MR) is 234 cm³/mol. The van der Waals surface area contributed by atoms with Gasteiger partial charge >= 0.3 is 0 Å². The molecule has 4 heterocycles. The summed E-state index contributed by atoms with van der Waals surface area (Å²) in [6.45, 7) is 4.62. The molecule has 2 aliphatic heterocycles. The molecule has 2 fully saturated rings. The van der Waals surface area contributed by atoms with Gasteiger partial charge in [-0.25, -0.2) is 15.0 Å². The molecular formula is C48H55N9O2. The molecule has 2 atom stereocenters. The molecule has 11 nitrogen and oxygen atoms in total. The minimum absolute atomic E-state index is 0.0555. The van der Waals surface area contributed by atoms with Crippen molar-refractivity contribution in [3.05, 3.63) is 132 Å². The molecule has 2 aromatic heterocycles. The summed E-state index contributed by atoms with van der Waals surface area (Å²) < 4.78 is 0. The fraction of sp³-hybridized carbons (Fsp3) is 0.354. The van der Waals surface area contributed by atoms with E-state index in [1.54, 1.807) is 0 Å². The van der Waals surface area contributed by atoms with Crippen LogP contribution in [-0.2, 0) is 35.5 Å². The van der Waals surface area contributed by atoms with Gasteiger partial charge in [0.2, 0.25) is 17.8 Å². The van der Waals surface area contributed by atoms with Gasteiger partial charge in [0.1, 0.15) is 5.82 Å². The van der Waals surface area contributed by atoms with Gasteiger partial charge < -0.3 is 29.9 Å². The van der Waals surface area contributed by atoms with Crippen LogP contribution in [0.15, 0.2) is 104 Å². The van der Waals surface area contributed by atoms with Crippen molar-refractivity contribution in [2.75, 3.05) is 59.7 Å². The van der Waals surface area contributed by atoms with Gasteiger partial charge in [0.05, 0.1) is 30.8 Å². The zero-order valence-corrected chi connectivity index (χ0v) is 34.7. The molecule has 2 aliphatic rings. The molecule has 59 heavy (non-hydrogen) atoms. The summed E-state index contributed by atoms with van der Waals surface area (Å²) in [7, 11) is 8.21. The lowest BCUT2D eigenvalue weighted by Gasteiger charge is -2.24. The number of hydrogen-bond donors (Lipinski definition) is 2. The lowest BCUT2D eigenvalue weighted by Crippen LogP contribution is -2.32. The Labute approximate surface area is 347 Å². The molecule has 0 saturated carbocycles. The predicted octanol–water partition coefficient (Wildman–Crippen LogP) is 7.22. The van der Waals surface area contributed by atoms with Crippen molar-refractivity contribution >= 4 is 28.5 Å². The van der Waals surface area contributed by atoms with Crippen LogP contribution in [-0.4, -0.2) is 106 Å². The SMILES string of the molecule is CN(C)Cc1ccccc1CC(=O)N1CC[C@H](CNc2ncc(-c3ccc4cc(-c5cnc([C@@H]6CCCN6C(=O)Cc6ccccc6CN(C)C)[nH]5)ccc4c3)cn2)C1. The number of likely N-dealkylation sites (tertiary alicyclic amines) is 2. The van der Waals surface area contributed by atoms with Crippen LogP contribution >= 0.6 is 0 Å². The van der Waals surface area contributed by atoms with Gasteiger partial charge in [-0.2, -0.15) is 0 Å². The van der Waals surface area contributed by atoms with Gasteiger partial charge in [-0.1, -0.05) is 72.8 Å². The van der Waals surface area contributed by atoms with Gasteiger partial charge in [-0.3, -0.25) is 9.59 Å². The van der Waals surface area contributed by atoms with E-state index in [0.717, 1.165) is 109 Å². The van der Waals surface area contributed by atoms with Crippen LogP contribution in [0.4, 0.5) is 5.95 Å². The number of rotatable bonds is 14. The molecule has 2 saturated heterocycles. The number of aromatic amines is 1. The smallest absolute Gasteiger partial charge is 0.227 e. The molecule has 0 radical (unpaired) electrons. The third-order valence-electron chi connectivity index (χ3n) is 11.7. The first kappa shape index (κ1) is 39.9. The first-order valence-electron chi connectivity index (χ1n) is 20.8. The molecule has 8 rings (SSSR count). The minimum Gasteiger partial charge on any atom is -0.354 e. The standard InChI is InChI=1S/C48H55N9O2/c1-54(2)31-40-12-7-5-10-34(40)24-45(58)56-21-19-33(30-56)26-50-48-51-27-42(28-52-48)38-16-15-37-23-39(18-17-36(37)22-38)43-29-49-47(53-43)44-14-9-20-57(44)46(59)25-35-11-6-8-13-41(35)32-55(3)4/h5-8,10-13,15-18,22-23,27-29,33,44H,9,14,19-21,24-26,30-32H2,1-4H3,(H,49,53)(H,50,51,52)/t33-,44+/m1/s1. The Balaban J connectivity index is 0.855. The summed E-state index contributed by atoms with van der Waals surface area (Å²) >= 11 is 0. The summed E-state index contributed by atoms with van der Waals surface area (Å²) in [4.78, 5) is 52.7. The normalized spacial score (nSPS) is 16.8. The highest BCUT2D eigenvalue weighted by molar-refractivity contribution is 5.90. The van der Waals surface area contributed by atoms with Crippen molar-refractivity contribution in [1.82, 2.24) is 39.5 Å². The maximum absolute atomic E-state index is 13.6. The van der Waals surface area contributed by atoms with Crippen LogP contribution in [0.5, 0.6) is 0 Å². The Morgan fingerprint density at radius 2 is 1.31 bits per heavy atom. The fourth-order valence-electron chi connectivity index (χ4n) is 8.61. The van der Waals surface area contributed by atoms with Gasteiger partial charge in [-0.05, 0) is 104 Å². The Morgan fingerprint density at radius 3 is 1.97 bits per heavy atom. The van der Waals surface area contributed by atoms with E-state index in [9.17, 15) is 9.59 Å². The van der Waals surface area contributed by atoms with Gasteiger partial charge in [0.15, 0.2) is 0 Å². The highest BCUT2D eigenvalue weighted by Gasteiger charge is 2.32. The molecule has 2 N–H and O–H groups in total. The molecule has 0 bridgehead atoms. The molecule has 2 amide bonds. The van der Waals surface area contributed by atoms with Gasteiger partial charge in [0.25, 0.3) is 0 Å². The summed E-state index contributed by atoms with van der Waals surface area (Å²) in [6.07, 6.45) is 9.28. The largest absolute Gasteiger partial charge is 0.354 e. The lowest BCUT2D eigenvalue weighted by atomic mass is 10.0. The molecule has 0 spiro atoms. The van der Waals surface area contributed by atoms with Crippen LogP contribution < -0.4 is 5.32 Å². The number of carbonyl (C=O) groups is 2. The Morgan fingerprint density at radius 1 is 0.695 bits per heavy atom. The molecule has 6 aromatic rings. The second-order valence-electron chi connectivity index (χ2n) is 16.7. The quantitative estimate of drug-likeness (QED) is 0.119. The topological polar surface area (TPSA) is 114 Å². The highest BCUT2D eigenvalue weighted by Crippen LogP contribution is 2.34. The van der Waals surface area contributed by atoms with E-state index in [1.807, 2.05) is 52.7 Å². The lowest BCUT2D eigenvalue weighted by molar-refractivity contribution is -0.131. The third kappa shape index (κ3) is 9.53. The number of carbonyl (C=O) groups excluding carboxylic acids is 2. The minimum atomic E-state index is -0.0555. The van der Waals surface area contributed by atoms with Gasteiger partial charge in [0, 0.05) is 62.8 Å². The number of hydrogen-bond acceptors (Lipinski definition) is 8. The van der Waals surface area contributed by atoms with E-state index >= 15 is 0 Å². The van der Waals surface area contributed by atoms with Crippen molar-refractivity contribution in [2.24, 2.45) is 5.92 Å². The summed E-state index contributed by atoms with van der Waals surface area (Å²) in [5, 5.41) is 5.65. The van der Waals surface area contributed by atoms with E-state index in [2.05, 4.69) is 119 Å². The van der Waals surface area contributed by atoms with Crippen LogP contribution in [0, 0.1) is 5.92 Å². The zero-order chi connectivity index (χ0) is 40.9. The van der Waals surface area contributed by atoms with E-state index in [-0.39, 0.29) is 17.9 Å². The number of H-pyrrole nitrogens is 1. The van der Waals surface area contributed by atoms with Crippen molar-refractivity contribution < 1.29 is 9.59 Å². The molecule has 11 heteroatoms.